The molecule has 0 unspecified atom stereocenters. The first-order valence-corrected chi connectivity index (χ1v) is 7.14. The molecule has 1 amide bonds. The number of aromatic nitrogens is 1. The summed E-state index contributed by atoms with van der Waals surface area (Å²) in [5.74, 6) is -0.141. The summed E-state index contributed by atoms with van der Waals surface area (Å²) in [6.45, 7) is 0.189. The number of pyridine rings is 1. The van der Waals surface area contributed by atoms with Crippen LogP contribution < -0.4 is 4.90 Å². The second kappa shape index (κ2) is 6.25. The first kappa shape index (κ1) is 14.7. The molecule has 6 heteroatoms. The minimum Gasteiger partial charge on any atom is -0.364 e. The van der Waals surface area contributed by atoms with Crippen LogP contribution in [0.4, 0.5) is 5.69 Å². The Hall–Kier alpha value is -2.24. The summed E-state index contributed by atoms with van der Waals surface area (Å²) in [6.07, 6.45) is 0. The maximum Gasteiger partial charge on any atom is 0.250 e. The molecule has 1 aliphatic rings. The highest BCUT2D eigenvalue weighted by atomic mass is 35.5. The molecule has 0 saturated carbocycles. The second-order valence-electron chi connectivity index (χ2n) is 4.77. The summed E-state index contributed by atoms with van der Waals surface area (Å²) in [5.41, 5.74) is 2.79. The molecule has 3 rings (SSSR count). The van der Waals surface area contributed by atoms with Crippen LogP contribution in [0.5, 0.6) is 0 Å². The van der Waals surface area contributed by atoms with Gasteiger partial charge in [0.15, 0.2) is 0 Å². The molecule has 2 heterocycles. The van der Waals surface area contributed by atoms with Crippen molar-refractivity contribution in [3.63, 3.8) is 0 Å². The zero-order valence-electron chi connectivity index (χ0n) is 12.0. The fourth-order valence-electron chi connectivity index (χ4n) is 2.36. The number of hydrogen-bond acceptors (Lipinski definition) is 4. The maximum absolute atomic E-state index is 12.3. The summed E-state index contributed by atoms with van der Waals surface area (Å²) in [4.78, 5) is 22.7. The Morgan fingerprint density at radius 1 is 1.23 bits per heavy atom. The van der Waals surface area contributed by atoms with E-state index >= 15 is 0 Å². The molecular weight excluding hydrogens is 302 g/mol. The minimum atomic E-state index is -0.141. The number of carbonyl (C=O) groups is 1. The number of fused-ring (bicyclic) bond motifs is 1. The van der Waals surface area contributed by atoms with Gasteiger partial charge in [0.1, 0.15) is 24.1 Å². The van der Waals surface area contributed by atoms with Crippen LogP contribution in [0.3, 0.4) is 0 Å². The molecule has 0 spiro atoms. The van der Waals surface area contributed by atoms with Gasteiger partial charge in [-0.15, -0.1) is 0 Å². The molecule has 2 aromatic rings. The Bertz CT molecular complexity index is 731. The van der Waals surface area contributed by atoms with Crippen LogP contribution >= 0.6 is 11.6 Å². The van der Waals surface area contributed by atoms with E-state index < -0.39 is 0 Å². The number of aliphatic imine (C=N–C) groups is 1. The van der Waals surface area contributed by atoms with Crippen LogP contribution in [-0.2, 0) is 9.53 Å². The van der Waals surface area contributed by atoms with Crippen molar-refractivity contribution in [1.82, 2.24) is 4.98 Å². The molecule has 0 radical (unpaired) electrons. The quantitative estimate of drug-likeness (QED) is 0.818. The molecular formula is C16H14ClN3O2. The molecule has 22 heavy (non-hydrogen) atoms. The van der Waals surface area contributed by atoms with Crippen LogP contribution in [0.15, 0.2) is 47.5 Å². The Labute approximate surface area is 133 Å². The van der Waals surface area contributed by atoms with E-state index in [1.165, 1.54) is 4.90 Å². The van der Waals surface area contributed by atoms with E-state index in [1.54, 1.807) is 19.2 Å². The third-order valence-corrected chi connectivity index (χ3v) is 3.54. The number of rotatable bonds is 3. The van der Waals surface area contributed by atoms with Crippen LogP contribution in [0.2, 0.25) is 5.15 Å². The lowest BCUT2D eigenvalue weighted by Gasteiger charge is -2.21. The van der Waals surface area contributed by atoms with Gasteiger partial charge in [-0.3, -0.25) is 14.7 Å². The molecule has 0 N–H and O–H groups in total. The molecule has 1 aromatic heterocycles. The molecule has 112 valence electrons. The highest BCUT2D eigenvalue weighted by molar-refractivity contribution is 6.30. The van der Waals surface area contributed by atoms with E-state index in [9.17, 15) is 4.79 Å². The van der Waals surface area contributed by atoms with Gasteiger partial charge in [-0.2, -0.15) is 0 Å². The van der Waals surface area contributed by atoms with Gasteiger partial charge in [-0.1, -0.05) is 41.9 Å². The van der Waals surface area contributed by atoms with E-state index in [2.05, 4.69) is 9.98 Å². The highest BCUT2D eigenvalue weighted by Crippen LogP contribution is 2.27. The van der Waals surface area contributed by atoms with Crippen molar-refractivity contribution in [2.45, 2.75) is 0 Å². The fourth-order valence-corrected chi connectivity index (χ4v) is 2.50. The van der Waals surface area contributed by atoms with Crippen molar-refractivity contribution in [3.8, 4) is 0 Å². The lowest BCUT2D eigenvalue weighted by Crippen LogP contribution is -2.34. The third-order valence-electron chi connectivity index (χ3n) is 3.33. The normalized spacial score (nSPS) is 14.4. The predicted octanol–water partition coefficient (Wildman–Crippen LogP) is 2.52. The summed E-state index contributed by atoms with van der Waals surface area (Å²) < 4.78 is 5.13. The van der Waals surface area contributed by atoms with Gasteiger partial charge >= 0.3 is 0 Å². The monoisotopic (exact) mass is 315 g/mol. The molecule has 0 saturated heterocycles. The van der Waals surface area contributed by atoms with Gasteiger partial charge in [0.05, 0.1) is 11.4 Å². The molecule has 1 aliphatic heterocycles. The smallest absolute Gasteiger partial charge is 0.250 e. The standard InChI is InChI=1S/C16H14ClN3O2/c1-22-10-20-12-7-8-13(17)19-16(12)15(18-9-14(20)21)11-5-3-2-4-6-11/h2-8H,9-10H2,1H3. The predicted molar refractivity (Wildman–Crippen MR) is 85.6 cm³/mol. The van der Waals surface area contributed by atoms with Crippen molar-refractivity contribution in [2.75, 3.05) is 25.3 Å². The van der Waals surface area contributed by atoms with Crippen LogP contribution in [0.1, 0.15) is 11.3 Å². The first-order valence-electron chi connectivity index (χ1n) is 6.77. The van der Waals surface area contributed by atoms with E-state index in [-0.39, 0.29) is 19.2 Å². The second-order valence-corrected chi connectivity index (χ2v) is 5.16. The number of carbonyl (C=O) groups excluding carboxylic acids is 1. The Morgan fingerprint density at radius 3 is 2.73 bits per heavy atom. The number of nitrogens with zero attached hydrogens (tertiary/aromatic N) is 3. The fraction of sp³-hybridized carbons (Fsp3) is 0.188. The van der Waals surface area contributed by atoms with Gasteiger partial charge in [-0.05, 0) is 12.1 Å². The average Bonchev–Trinajstić information content (AvgIpc) is 2.66. The average molecular weight is 316 g/mol. The van der Waals surface area contributed by atoms with Crippen molar-refractivity contribution in [1.29, 1.82) is 0 Å². The van der Waals surface area contributed by atoms with Crippen LogP contribution in [0.25, 0.3) is 0 Å². The van der Waals surface area contributed by atoms with Gasteiger partial charge in [0.2, 0.25) is 0 Å². The van der Waals surface area contributed by atoms with Crippen molar-refractivity contribution in [3.05, 3.63) is 58.9 Å². The van der Waals surface area contributed by atoms with E-state index in [4.69, 9.17) is 16.3 Å². The molecule has 0 bridgehead atoms. The number of hydrogen-bond donors (Lipinski definition) is 0. The molecule has 5 nitrogen and oxygen atoms in total. The Balaban J connectivity index is 2.18. The van der Waals surface area contributed by atoms with Crippen LogP contribution in [-0.4, -0.2) is 37.0 Å². The van der Waals surface area contributed by atoms with Crippen molar-refractivity contribution < 1.29 is 9.53 Å². The summed E-state index contributed by atoms with van der Waals surface area (Å²) >= 11 is 6.04. The zero-order valence-corrected chi connectivity index (χ0v) is 12.7. The number of methoxy groups -OCH3 is 1. The lowest BCUT2D eigenvalue weighted by atomic mass is 10.1. The maximum atomic E-state index is 12.3. The van der Waals surface area contributed by atoms with E-state index in [0.717, 1.165) is 5.56 Å². The molecule has 1 aromatic carbocycles. The van der Waals surface area contributed by atoms with Gasteiger partial charge in [-0.25, -0.2) is 4.98 Å². The lowest BCUT2D eigenvalue weighted by molar-refractivity contribution is -0.118. The third kappa shape index (κ3) is 2.73. The zero-order chi connectivity index (χ0) is 15.5. The van der Waals surface area contributed by atoms with Crippen molar-refractivity contribution >= 4 is 28.9 Å². The summed E-state index contributed by atoms with van der Waals surface area (Å²) in [6, 6.07) is 13.1. The Morgan fingerprint density at radius 2 is 2.00 bits per heavy atom. The van der Waals surface area contributed by atoms with Crippen molar-refractivity contribution in [2.24, 2.45) is 4.99 Å². The van der Waals surface area contributed by atoms with Gasteiger partial charge < -0.3 is 4.74 Å². The summed E-state index contributed by atoms with van der Waals surface area (Å²) in [5, 5.41) is 0.356. The van der Waals surface area contributed by atoms with E-state index in [0.29, 0.717) is 22.2 Å². The first-order chi connectivity index (χ1) is 10.7. The summed E-state index contributed by atoms with van der Waals surface area (Å²) in [7, 11) is 1.54. The number of anilines is 1. The van der Waals surface area contributed by atoms with Gasteiger partial charge in [0, 0.05) is 12.7 Å². The number of amides is 1. The largest absolute Gasteiger partial charge is 0.364 e. The van der Waals surface area contributed by atoms with E-state index in [1.807, 2.05) is 30.3 Å². The minimum absolute atomic E-state index is 0.0432. The SMILES string of the molecule is COCN1C(=O)CN=C(c2ccccc2)c2nc(Cl)ccc21. The number of ether oxygens (including phenoxy) is 1. The molecule has 0 atom stereocenters. The van der Waals surface area contributed by atoms with Crippen LogP contribution in [0, 0.1) is 0 Å². The Kier molecular flexibility index (Phi) is 4.18. The number of benzene rings is 1. The number of halogens is 1. The molecule has 0 aliphatic carbocycles. The topological polar surface area (TPSA) is 54.8 Å². The highest BCUT2D eigenvalue weighted by Gasteiger charge is 2.26. The van der Waals surface area contributed by atoms with Gasteiger partial charge in [0.25, 0.3) is 5.91 Å². The molecule has 0 fully saturated rings.